The summed E-state index contributed by atoms with van der Waals surface area (Å²) < 4.78 is 5.57. The van der Waals surface area contributed by atoms with Gasteiger partial charge in [0.2, 0.25) is 0 Å². The van der Waals surface area contributed by atoms with Crippen molar-refractivity contribution in [1.82, 2.24) is 5.32 Å². The average Bonchev–Trinajstić information content (AvgIpc) is 2.01. The van der Waals surface area contributed by atoms with Crippen LogP contribution < -0.4 is 5.32 Å². The molecule has 4 nitrogen and oxygen atoms in total. The van der Waals surface area contributed by atoms with Crippen molar-refractivity contribution in [2.24, 2.45) is 0 Å². The summed E-state index contributed by atoms with van der Waals surface area (Å²) >= 11 is 0. The molecule has 1 aliphatic heterocycles. The van der Waals surface area contributed by atoms with Crippen molar-refractivity contribution in [2.45, 2.75) is 57.9 Å². The van der Waals surface area contributed by atoms with Crippen molar-refractivity contribution < 1.29 is 14.6 Å². The molecule has 0 amide bonds. The highest BCUT2D eigenvalue weighted by Crippen LogP contribution is 2.19. The first-order chi connectivity index (χ1) is 6.49. The maximum absolute atomic E-state index is 10.6. The van der Waals surface area contributed by atoms with Crippen LogP contribution in [-0.4, -0.2) is 35.4 Å². The van der Waals surface area contributed by atoms with Gasteiger partial charge < -0.3 is 15.2 Å². The van der Waals surface area contributed by atoms with Gasteiger partial charge in [-0.1, -0.05) is 0 Å². The van der Waals surface area contributed by atoms with E-state index >= 15 is 0 Å². The Balaban J connectivity index is 2.40. The molecule has 82 valence electrons. The van der Waals surface area contributed by atoms with E-state index in [9.17, 15) is 4.79 Å². The highest BCUT2D eigenvalue weighted by Gasteiger charge is 2.26. The molecule has 0 radical (unpaired) electrons. The number of rotatable bonds is 3. The average molecular weight is 201 g/mol. The van der Waals surface area contributed by atoms with E-state index in [4.69, 9.17) is 9.84 Å². The molecule has 0 bridgehead atoms. The minimum absolute atomic E-state index is 0.220. The molecule has 1 aliphatic rings. The van der Waals surface area contributed by atoms with Crippen LogP contribution in [0.1, 0.15) is 33.6 Å². The van der Waals surface area contributed by atoms with Crippen LogP contribution in [0.15, 0.2) is 0 Å². The van der Waals surface area contributed by atoms with Crippen LogP contribution >= 0.6 is 0 Å². The van der Waals surface area contributed by atoms with Gasteiger partial charge in [-0.05, 0) is 33.6 Å². The zero-order valence-electron chi connectivity index (χ0n) is 8.99. The lowest BCUT2D eigenvalue weighted by Gasteiger charge is -2.33. The highest BCUT2D eigenvalue weighted by molar-refractivity contribution is 5.72. The van der Waals surface area contributed by atoms with Crippen LogP contribution in [0.5, 0.6) is 0 Å². The molecule has 1 fully saturated rings. The molecule has 0 aromatic heterocycles. The molecule has 0 aliphatic carbocycles. The highest BCUT2D eigenvalue weighted by atomic mass is 16.5. The fraction of sp³-hybridized carbons (Fsp3) is 0.900. The van der Waals surface area contributed by atoms with Crippen molar-refractivity contribution in [1.29, 1.82) is 0 Å². The monoisotopic (exact) mass is 201 g/mol. The zero-order valence-corrected chi connectivity index (χ0v) is 8.99. The quantitative estimate of drug-likeness (QED) is 0.715. The zero-order chi connectivity index (χ0) is 10.7. The fourth-order valence-electron chi connectivity index (χ4n) is 1.97. The van der Waals surface area contributed by atoms with Gasteiger partial charge in [-0.2, -0.15) is 0 Å². The topological polar surface area (TPSA) is 58.6 Å². The van der Waals surface area contributed by atoms with Crippen LogP contribution in [-0.2, 0) is 9.53 Å². The standard InChI is InChI=1S/C10H19NO3/c1-6-4-9(5-7(2)14-6)11-8(3)10(12)13/h6-9,11H,4-5H2,1-3H3,(H,12,13). The van der Waals surface area contributed by atoms with Gasteiger partial charge in [0.25, 0.3) is 0 Å². The van der Waals surface area contributed by atoms with Gasteiger partial charge in [0.15, 0.2) is 0 Å². The number of hydrogen-bond donors (Lipinski definition) is 2. The first-order valence-electron chi connectivity index (χ1n) is 5.13. The smallest absolute Gasteiger partial charge is 0.320 e. The number of nitrogens with one attached hydrogen (secondary N) is 1. The van der Waals surface area contributed by atoms with Crippen molar-refractivity contribution in [3.05, 3.63) is 0 Å². The number of carboxylic acids is 1. The first-order valence-corrected chi connectivity index (χ1v) is 5.13. The Morgan fingerprint density at radius 3 is 2.36 bits per heavy atom. The normalized spacial score (nSPS) is 35.2. The van der Waals surface area contributed by atoms with E-state index in [2.05, 4.69) is 5.32 Å². The van der Waals surface area contributed by atoms with Crippen LogP contribution in [0.3, 0.4) is 0 Å². The summed E-state index contributed by atoms with van der Waals surface area (Å²) in [6, 6.07) is -0.211. The lowest BCUT2D eigenvalue weighted by atomic mass is 9.99. The van der Waals surface area contributed by atoms with E-state index in [1.54, 1.807) is 6.92 Å². The fourth-order valence-corrected chi connectivity index (χ4v) is 1.97. The number of ether oxygens (including phenoxy) is 1. The largest absolute Gasteiger partial charge is 0.480 e. The predicted molar refractivity (Wildman–Crippen MR) is 53.3 cm³/mol. The van der Waals surface area contributed by atoms with Gasteiger partial charge in [0, 0.05) is 6.04 Å². The lowest BCUT2D eigenvalue weighted by molar-refractivity contribution is -0.139. The second kappa shape index (κ2) is 4.75. The Kier molecular flexibility index (Phi) is 3.89. The molecule has 14 heavy (non-hydrogen) atoms. The van der Waals surface area contributed by atoms with E-state index in [1.807, 2.05) is 13.8 Å². The third kappa shape index (κ3) is 3.27. The van der Waals surface area contributed by atoms with Crippen molar-refractivity contribution in [3.63, 3.8) is 0 Å². The minimum atomic E-state index is -0.795. The second-order valence-electron chi connectivity index (χ2n) is 4.15. The molecule has 1 rings (SSSR count). The lowest BCUT2D eigenvalue weighted by Crippen LogP contribution is -2.47. The van der Waals surface area contributed by atoms with E-state index in [0.29, 0.717) is 0 Å². The van der Waals surface area contributed by atoms with Crippen LogP contribution in [0, 0.1) is 0 Å². The number of carbonyl (C=O) groups is 1. The SMILES string of the molecule is CC1CC(NC(C)C(=O)O)CC(C)O1. The Morgan fingerprint density at radius 1 is 1.43 bits per heavy atom. The molecule has 1 heterocycles. The van der Waals surface area contributed by atoms with Gasteiger partial charge in [0.1, 0.15) is 6.04 Å². The molecule has 2 N–H and O–H groups in total. The molecule has 0 spiro atoms. The third-order valence-corrected chi connectivity index (χ3v) is 2.55. The molecule has 3 unspecified atom stereocenters. The Hall–Kier alpha value is -0.610. The van der Waals surface area contributed by atoms with Gasteiger partial charge in [-0.25, -0.2) is 0 Å². The predicted octanol–water partition coefficient (Wildman–Crippen LogP) is 1.01. The van der Waals surface area contributed by atoms with E-state index in [1.165, 1.54) is 0 Å². The van der Waals surface area contributed by atoms with Crippen LogP contribution in [0.25, 0.3) is 0 Å². The number of carboxylic acid groups (broad SMARTS) is 1. The summed E-state index contributed by atoms with van der Waals surface area (Å²) in [5.74, 6) is -0.795. The number of aliphatic carboxylic acids is 1. The van der Waals surface area contributed by atoms with Crippen LogP contribution in [0.2, 0.25) is 0 Å². The van der Waals surface area contributed by atoms with Crippen molar-refractivity contribution in [2.75, 3.05) is 0 Å². The van der Waals surface area contributed by atoms with Gasteiger partial charge in [-0.15, -0.1) is 0 Å². The molecule has 3 atom stereocenters. The Labute approximate surface area is 84.6 Å². The Bertz CT molecular complexity index is 198. The maximum atomic E-state index is 10.6. The Morgan fingerprint density at radius 2 is 1.93 bits per heavy atom. The van der Waals surface area contributed by atoms with Gasteiger partial charge in [0.05, 0.1) is 12.2 Å². The van der Waals surface area contributed by atoms with E-state index in [0.717, 1.165) is 12.8 Å². The van der Waals surface area contributed by atoms with Crippen LogP contribution in [0.4, 0.5) is 0 Å². The molecule has 0 saturated carbocycles. The molecule has 4 heteroatoms. The second-order valence-corrected chi connectivity index (χ2v) is 4.15. The van der Waals surface area contributed by atoms with Gasteiger partial charge in [-0.3, -0.25) is 4.79 Å². The summed E-state index contributed by atoms with van der Waals surface area (Å²) in [5, 5.41) is 11.9. The third-order valence-electron chi connectivity index (χ3n) is 2.55. The van der Waals surface area contributed by atoms with E-state index < -0.39 is 12.0 Å². The summed E-state index contributed by atoms with van der Waals surface area (Å²) in [6.45, 7) is 5.72. The van der Waals surface area contributed by atoms with Gasteiger partial charge >= 0.3 is 5.97 Å². The summed E-state index contributed by atoms with van der Waals surface area (Å²) in [6.07, 6.45) is 2.22. The molecular weight excluding hydrogens is 182 g/mol. The summed E-state index contributed by atoms with van der Waals surface area (Å²) in [5.41, 5.74) is 0. The molecule has 0 aromatic carbocycles. The maximum Gasteiger partial charge on any atom is 0.320 e. The van der Waals surface area contributed by atoms with Crippen molar-refractivity contribution >= 4 is 5.97 Å². The molecule has 1 saturated heterocycles. The summed E-state index contributed by atoms with van der Waals surface area (Å²) in [7, 11) is 0. The van der Waals surface area contributed by atoms with E-state index in [-0.39, 0.29) is 18.2 Å². The minimum Gasteiger partial charge on any atom is -0.480 e. The number of hydrogen-bond acceptors (Lipinski definition) is 3. The first kappa shape index (κ1) is 11.5. The molecule has 0 aromatic rings. The summed E-state index contributed by atoms with van der Waals surface area (Å²) in [4.78, 5) is 10.6. The van der Waals surface area contributed by atoms with Crippen molar-refractivity contribution in [3.8, 4) is 0 Å². The molecular formula is C10H19NO3.